The molecule has 1 saturated heterocycles. The van der Waals surface area contributed by atoms with Crippen LogP contribution in [0.1, 0.15) is 39.0 Å². The molecule has 2 fully saturated rings. The van der Waals surface area contributed by atoms with E-state index >= 15 is 0 Å². The van der Waals surface area contributed by atoms with Gasteiger partial charge in [0.1, 0.15) is 0 Å². The van der Waals surface area contributed by atoms with E-state index in [0.717, 1.165) is 19.3 Å². The molecule has 2 amide bonds. The second kappa shape index (κ2) is 6.05. The summed E-state index contributed by atoms with van der Waals surface area (Å²) in [6, 6.07) is 0. The zero-order valence-corrected chi connectivity index (χ0v) is 15.1. The summed E-state index contributed by atoms with van der Waals surface area (Å²) in [5.41, 5.74) is 3.69. The van der Waals surface area contributed by atoms with Gasteiger partial charge in [-0.25, -0.2) is 0 Å². The normalized spacial score (nSPS) is 41.6. The molecule has 6 atom stereocenters. The Balaban J connectivity index is 1.67. The van der Waals surface area contributed by atoms with Crippen LogP contribution in [0.25, 0.3) is 0 Å². The Morgan fingerprint density at radius 2 is 1.96 bits per heavy atom. The molecule has 2 aliphatic heterocycles. The number of nitrogens with two attached hydrogens (primary N) is 1. The zero-order valence-electron chi connectivity index (χ0n) is 15.1. The Labute approximate surface area is 153 Å². The summed E-state index contributed by atoms with van der Waals surface area (Å²) in [6.45, 7) is 2.26. The van der Waals surface area contributed by atoms with Gasteiger partial charge in [0.25, 0.3) is 5.91 Å². The van der Waals surface area contributed by atoms with Crippen LogP contribution in [0.2, 0.25) is 0 Å². The molecule has 140 valence electrons. The molecular weight excluding hydrogens is 332 g/mol. The quantitative estimate of drug-likeness (QED) is 0.584. The number of primary amides is 1. The summed E-state index contributed by atoms with van der Waals surface area (Å²) in [7, 11) is 0. The van der Waals surface area contributed by atoms with E-state index in [9.17, 15) is 19.5 Å². The summed E-state index contributed by atoms with van der Waals surface area (Å²) in [6.07, 6.45) is 10.3. The largest absolute Gasteiger partial charge is 0.369 e. The predicted octanol–water partition coefficient (Wildman–Crippen LogP) is 1.15. The summed E-state index contributed by atoms with van der Waals surface area (Å²) < 4.78 is 0. The molecule has 4 rings (SSSR count). The van der Waals surface area contributed by atoms with Crippen molar-refractivity contribution >= 4 is 17.6 Å². The third-order valence-electron chi connectivity index (χ3n) is 6.90. The Hall–Kier alpha value is -1.95. The number of amides is 2. The van der Waals surface area contributed by atoms with Gasteiger partial charge < -0.3 is 15.7 Å². The standard InChI is InChI=1S/C20H26N2O4/c1-11-6-7-12-4-2-3-5-13(12)16(11)17(23)14-10-20(26)15(18(21)24)8-9-22(20)19(14)25/h6-7,10-13,15-16,26H,2-5,8-9H2,1H3,(H2,21,24)/t11-,12+,13-,15-,16?,20-/m0/s1. The molecule has 1 unspecified atom stereocenters. The van der Waals surface area contributed by atoms with Crippen molar-refractivity contribution in [1.82, 2.24) is 4.90 Å². The molecule has 6 heteroatoms. The summed E-state index contributed by atoms with van der Waals surface area (Å²) in [5.74, 6) is -1.68. The number of aliphatic hydroxyl groups is 1. The van der Waals surface area contributed by atoms with Crippen molar-refractivity contribution in [3.05, 3.63) is 23.8 Å². The number of carbonyl (C=O) groups excluding carboxylic acids is 3. The van der Waals surface area contributed by atoms with Crippen molar-refractivity contribution in [3.63, 3.8) is 0 Å². The highest BCUT2D eigenvalue weighted by Crippen LogP contribution is 2.46. The fourth-order valence-corrected chi connectivity index (χ4v) is 5.54. The first kappa shape index (κ1) is 17.5. The number of hydrogen-bond acceptors (Lipinski definition) is 4. The summed E-state index contributed by atoms with van der Waals surface area (Å²) in [5, 5.41) is 10.9. The molecule has 2 aliphatic carbocycles. The van der Waals surface area contributed by atoms with Gasteiger partial charge in [0.2, 0.25) is 5.91 Å². The third-order valence-corrected chi connectivity index (χ3v) is 6.90. The van der Waals surface area contributed by atoms with Crippen molar-refractivity contribution in [3.8, 4) is 0 Å². The van der Waals surface area contributed by atoms with Crippen molar-refractivity contribution in [2.45, 2.75) is 44.8 Å². The van der Waals surface area contributed by atoms with Gasteiger partial charge in [-0.3, -0.25) is 14.4 Å². The van der Waals surface area contributed by atoms with E-state index in [-0.39, 0.29) is 35.7 Å². The van der Waals surface area contributed by atoms with E-state index in [1.54, 1.807) is 0 Å². The van der Waals surface area contributed by atoms with Crippen LogP contribution in [0.5, 0.6) is 0 Å². The second-order valence-corrected chi connectivity index (χ2v) is 8.29. The first-order valence-corrected chi connectivity index (χ1v) is 9.63. The third kappa shape index (κ3) is 2.38. The zero-order chi connectivity index (χ0) is 18.6. The van der Waals surface area contributed by atoms with Crippen LogP contribution in [-0.4, -0.2) is 39.9 Å². The van der Waals surface area contributed by atoms with Crippen LogP contribution in [0.3, 0.4) is 0 Å². The second-order valence-electron chi connectivity index (χ2n) is 8.29. The van der Waals surface area contributed by atoms with Gasteiger partial charge >= 0.3 is 0 Å². The molecule has 1 saturated carbocycles. The highest BCUT2D eigenvalue weighted by molar-refractivity contribution is 6.22. The number of carbonyl (C=O) groups is 3. The molecule has 0 aromatic rings. The van der Waals surface area contributed by atoms with E-state index in [1.807, 2.05) is 6.92 Å². The average Bonchev–Trinajstić information content (AvgIpc) is 3.07. The maximum absolute atomic E-state index is 13.3. The molecule has 0 spiro atoms. The van der Waals surface area contributed by atoms with E-state index in [0.29, 0.717) is 12.3 Å². The van der Waals surface area contributed by atoms with Gasteiger partial charge in [-0.1, -0.05) is 31.9 Å². The number of Topliss-reactive ketones (excluding diaryl/α,β-unsaturated/α-hetero) is 1. The number of ketones is 1. The van der Waals surface area contributed by atoms with Gasteiger partial charge in [-0.2, -0.15) is 0 Å². The van der Waals surface area contributed by atoms with Gasteiger partial charge in [0.15, 0.2) is 11.5 Å². The minimum Gasteiger partial charge on any atom is -0.369 e. The highest BCUT2D eigenvalue weighted by Gasteiger charge is 2.57. The average molecular weight is 358 g/mol. The fraction of sp³-hybridized carbons (Fsp3) is 0.650. The van der Waals surface area contributed by atoms with Gasteiger partial charge in [0.05, 0.1) is 11.5 Å². The Morgan fingerprint density at radius 3 is 2.69 bits per heavy atom. The van der Waals surface area contributed by atoms with Gasteiger partial charge in [0, 0.05) is 12.5 Å². The molecule has 0 radical (unpaired) electrons. The minimum absolute atomic E-state index is 0.0370. The van der Waals surface area contributed by atoms with Crippen LogP contribution >= 0.6 is 0 Å². The SMILES string of the molecule is C[C@H]1C=C[C@H]2CCCC[C@@H]2C1C(=O)C1=C[C@]2(O)[C@H](C(N)=O)CCN2C1=O. The van der Waals surface area contributed by atoms with E-state index < -0.39 is 23.5 Å². The molecule has 4 aliphatic rings. The van der Waals surface area contributed by atoms with Crippen molar-refractivity contribution in [2.75, 3.05) is 6.54 Å². The first-order valence-electron chi connectivity index (χ1n) is 9.63. The highest BCUT2D eigenvalue weighted by atomic mass is 16.3. The molecule has 6 nitrogen and oxygen atoms in total. The van der Waals surface area contributed by atoms with Crippen LogP contribution < -0.4 is 5.73 Å². The number of allylic oxidation sites excluding steroid dienone is 2. The van der Waals surface area contributed by atoms with Crippen molar-refractivity contribution < 1.29 is 19.5 Å². The summed E-state index contributed by atoms with van der Waals surface area (Å²) >= 11 is 0. The van der Waals surface area contributed by atoms with E-state index in [2.05, 4.69) is 12.2 Å². The molecule has 0 aromatic heterocycles. The van der Waals surface area contributed by atoms with Crippen LogP contribution in [0.15, 0.2) is 23.8 Å². The van der Waals surface area contributed by atoms with Crippen LogP contribution in [0, 0.1) is 29.6 Å². The Morgan fingerprint density at radius 1 is 1.23 bits per heavy atom. The van der Waals surface area contributed by atoms with Crippen LogP contribution in [0.4, 0.5) is 0 Å². The number of rotatable bonds is 3. The fourth-order valence-electron chi connectivity index (χ4n) is 5.54. The van der Waals surface area contributed by atoms with Gasteiger partial charge in [-0.05, 0) is 43.1 Å². The lowest BCUT2D eigenvalue weighted by molar-refractivity contribution is -0.145. The lowest BCUT2D eigenvalue weighted by Gasteiger charge is -2.40. The predicted molar refractivity (Wildman–Crippen MR) is 94.3 cm³/mol. The smallest absolute Gasteiger partial charge is 0.259 e. The Kier molecular flexibility index (Phi) is 4.06. The molecule has 2 heterocycles. The first-order chi connectivity index (χ1) is 12.3. The maximum Gasteiger partial charge on any atom is 0.259 e. The molecular formula is C20H26N2O4. The molecule has 26 heavy (non-hydrogen) atoms. The number of fused-ring (bicyclic) bond motifs is 2. The van der Waals surface area contributed by atoms with E-state index in [4.69, 9.17) is 5.73 Å². The van der Waals surface area contributed by atoms with Crippen LogP contribution in [-0.2, 0) is 14.4 Å². The minimum atomic E-state index is -1.74. The van der Waals surface area contributed by atoms with Crippen molar-refractivity contribution in [2.24, 2.45) is 35.3 Å². The molecule has 3 N–H and O–H groups in total. The number of nitrogens with zero attached hydrogens (tertiary/aromatic N) is 1. The van der Waals surface area contributed by atoms with Gasteiger partial charge in [-0.15, -0.1) is 0 Å². The lowest BCUT2D eigenvalue weighted by atomic mass is 9.63. The number of hydrogen-bond donors (Lipinski definition) is 2. The monoisotopic (exact) mass is 358 g/mol. The topological polar surface area (TPSA) is 101 Å². The van der Waals surface area contributed by atoms with E-state index in [1.165, 1.54) is 17.4 Å². The molecule has 0 aromatic carbocycles. The lowest BCUT2D eigenvalue weighted by Crippen LogP contribution is -2.48. The maximum atomic E-state index is 13.3. The molecule has 0 bridgehead atoms. The van der Waals surface area contributed by atoms with Crippen molar-refractivity contribution in [1.29, 1.82) is 0 Å². The summed E-state index contributed by atoms with van der Waals surface area (Å²) in [4.78, 5) is 39.1. The Bertz CT molecular complexity index is 727.